The van der Waals surface area contributed by atoms with Crippen molar-refractivity contribution in [3.8, 4) is 0 Å². The second-order valence-corrected chi connectivity index (χ2v) is 10.0. The minimum atomic E-state index is -0.411. The van der Waals surface area contributed by atoms with E-state index in [1.54, 1.807) is 6.07 Å². The van der Waals surface area contributed by atoms with Crippen molar-refractivity contribution < 1.29 is 18.8 Å². The van der Waals surface area contributed by atoms with E-state index in [-0.39, 0.29) is 23.6 Å². The first-order valence-corrected chi connectivity index (χ1v) is 13.2. The largest absolute Gasteiger partial charge is 0.368 e. The van der Waals surface area contributed by atoms with E-state index >= 15 is 0 Å². The van der Waals surface area contributed by atoms with Crippen molar-refractivity contribution in [3.63, 3.8) is 0 Å². The zero-order valence-corrected chi connectivity index (χ0v) is 21.0. The Morgan fingerprint density at radius 3 is 2.24 bits per heavy atom. The maximum absolute atomic E-state index is 13.4. The van der Waals surface area contributed by atoms with E-state index in [1.807, 2.05) is 21.9 Å². The molecule has 0 aromatic heterocycles. The van der Waals surface area contributed by atoms with Gasteiger partial charge in [-0.05, 0) is 61.7 Å². The molecule has 0 bridgehead atoms. The number of nitrogens with one attached hydrogen (secondary N) is 2. The zero-order chi connectivity index (χ0) is 25.8. The Morgan fingerprint density at radius 1 is 0.811 bits per heavy atom. The van der Waals surface area contributed by atoms with E-state index in [0.717, 1.165) is 57.5 Å². The van der Waals surface area contributed by atoms with Crippen LogP contribution in [0.1, 0.15) is 46.4 Å². The van der Waals surface area contributed by atoms with E-state index in [0.29, 0.717) is 43.0 Å². The van der Waals surface area contributed by atoms with Crippen LogP contribution in [0.4, 0.5) is 15.8 Å². The van der Waals surface area contributed by atoms with Gasteiger partial charge in [-0.3, -0.25) is 14.4 Å². The van der Waals surface area contributed by atoms with Crippen LogP contribution in [0.5, 0.6) is 0 Å². The molecule has 1 aliphatic carbocycles. The maximum atomic E-state index is 13.4. The topological polar surface area (TPSA) is 85.0 Å². The van der Waals surface area contributed by atoms with Gasteiger partial charge in [-0.25, -0.2) is 4.39 Å². The summed E-state index contributed by atoms with van der Waals surface area (Å²) in [5.41, 5.74) is 2.19. The van der Waals surface area contributed by atoms with Crippen molar-refractivity contribution in [2.24, 2.45) is 5.92 Å². The number of carbonyl (C=O) groups is 3. The minimum Gasteiger partial charge on any atom is -0.368 e. The molecule has 2 saturated heterocycles. The second-order valence-electron chi connectivity index (χ2n) is 10.0. The van der Waals surface area contributed by atoms with E-state index in [4.69, 9.17) is 0 Å². The lowest BCUT2D eigenvalue weighted by Gasteiger charge is -2.31. The van der Waals surface area contributed by atoms with Crippen LogP contribution in [-0.4, -0.2) is 79.9 Å². The number of hydrogen-bond donors (Lipinski definition) is 2. The van der Waals surface area contributed by atoms with Gasteiger partial charge in [0.05, 0.1) is 11.4 Å². The summed E-state index contributed by atoms with van der Waals surface area (Å²) in [5, 5.41) is 6.22. The van der Waals surface area contributed by atoms with Crippen LogP contribution < -0.4 is 15.5 Å². The molecule has 2 aliphatic heterocycles. The minimum absolute atomic E-state index is 0.0709. The third-order valence-electron chi connectivity index (χ3n) is 7.60. The van der Waals surface area contributed by atoms with Crippen LogP contribution in [0.3, 0.4) is 0 Å². The van der Waals surface area contributed by atoms with Gasteiger partial charge in [-0.2, -0.15) is 0 Å². The van der Waals surface area contributed by atoms with E-state index in [1.165, 1.54) is 24.3 Å². The summed E-state index contributed by atoms with van der Waals surface area (Å²) < 4.78 is 13.4. The Balaban J connectivity index is 1.38. The summed E-state index contributed by atoms with van der Waals surface area (Å²) in [7, 11) is 0. The van der Waals surface area contributed by atoms with Gasteiger partial charge >= 0.3 is 0 Å². The molecule has 2 aromatic rings. The summed E-state index contributed by atoms with van der Waals surface area (Å²) in [6.07, 6.45) is 3.93. The number of anilines is 2. The first-order valence-electron chi connectivity index (χ1n) is 13.2. The smallest absolute Gasteiger partial charge is 0.255 e. The number of nitrogens with zero attached hydrogens (tertiary/aromatic N) is 3. The number of carbonyl (C=O) groups excluding carboxylic acids is 3. The molecule has 3 amide bonds. The summed E-state index contributed by atoms with van der Waals surface area (Å²) in [6, 6.07) is 10.8. The Labute approximate surface area is 216 Å². The molecule has 2 heterocycles. The standard InChI is InChI=1S/C28H34FN5O3/c29-23-8-5-20(6-9-23)26(35)31-24-19-22(28(37)34-15-11-30-12-16-34)7-10-25(24)32-13-2-14-33(18-17-32)27(36)21-3-1-4-21/h5-10,19,21,30H,1-4,11-18H2,(H,31,35). The second kappa shape index (κ2) is 11.3. The molecular weight excluding hydrogens is 473 g/mol. The third kappa shape index (κ3) is 5.77. The van der Waals surface area contributed by atoms with Crippen LogP contribution in [-0.2, 0) is 4.79 Å². The highest BCUT2D eigenvalue weighted by atomic mass is 19.1. The van der Waals surface area contributed by atoms with Crippen molar-refractivity contribution in [1.29, 1.82) is 0 Å². The molecule has 0 atom stereocenters. The van der Waals surface area contributed by atoms with Gasteiger partial charge in [0.25, 0.3) is 11.8 Å². The molecule has 8 nitrogen and oxygen atoms in total. The Morgan fingerprint density at radius 2 is 1.54 bits per heavy atom. The highest BCUT2D eigenvalue weighted by Crippen LogP contribution is 2.31. The summed E-state index contributed by atoms with van der Waals surface area (Å²) in [6.45, 7) is 5.50. The quantitative estimate of drug-likeness (QED) is 0.650. The highest BCUT2D eigenvalue weighted by Gasteiger charge is 2.31. The molecule has 3 aliphatic rings. The molecule has 37 heavy (non-hydrogen) atoms. The predicted molar refractivity (Wildman–Crippen MR) is 140 cm³/mol. The molecule has 0 spiro atoms. The lowest BCUT2D eigenvalue weighted by Crippen LogP contribution is -2.46. The fourth-order valence-corrected chi connectivity index (χ4v) is 5.18. The fraction of sp³-hybridized carbons (Fsp3) is 0.464. The first-order chi connectivity index (χ1) is 18.0. The Bertz CT molecular complexity index is 1150. The summed E-state index contributed by atoms with van der Waals surface area (Å²) >= 11 is 0. The normalized spacial score (nSPS) is 18.7. The monoisotopic (exact) mass is 507 g/mol. The van der Waals surface area contributed by atoms with E-state index < -0.39 is 5.82 Å². The van der Waals surface area contributed by atoms with Gasteiger partial charge in [-0.1, -0.05) is 6.42 Å². The van der Waals surface area contributed by atoms with Crippen molar-refractivity contribution in [2.75, 3.05) is 62.6 Å². The highest BCUT2D eigenvalue weighted by molar-refractivity contribution is 6.07. The fourth-order valence-electron chi connectivity index (χ4n) is 5.18. The van der Waals surface area contributed by atoms with Crippen LogP contribution in [0.25, 0.3) is 0 Å². The van der Waals surface area contributed by atoms with Gasteiger partial charge < -0.3 is 25.3 Å². The van der Waals surface area contributed by atoms with Gasteiger partial charge in [-0.15, -0.1) is 0 Å². The molecule has 9 heteroatoms. The SMILES string of the molecule is O=C(Nc1cc(C(=O)N2CCNCC2)ccc1N1CCCN(C(=O)C2CCC2)CC1)c1ccc(F)cc1. The van der Waals surface area contributed by atoms with Crippen LogP contribution >= 0.6 is 0 Å². The average Bonchev–Trinajstić information content (AvgIpc) is 3.14. The molecule has 2 aromatic carbocycles. The van der Waals surface area contributed by atoms with Crippen molar-refractivity contribution in [3.05, 3.63) is 59.4 Å². The van der Waals surface area contributed by atoms with Crippen molar-refractivity contribution in [2.45, 2.75) is 25.7 Å². The molecular formula is C28H34FN5O3. The first kappa shape index (κ1) is 25.2. The number of amides is 3. The summed E-state index contributed by atoms with van der Waals surface area (Å²) in [5.74, 6) is -0.420. The predicted octanol–water partition coefficient (Wildman–Crippen LogP) is 2.96. The summed E-state index contributed by atoms with van der Waals surface area (Å²) in [4.78, 5) is 45.0. The molecule has 1 saturated carbocycles. The Kier molecular flexibility index (Phi) is 7.69. The number of piperazine rings is 1. The molecule has 0 radical (unpaired) electrons. The molecule has 196 valence electrons. The molecule has 2 N–H and O–H groups in total. The zero-order valence-electron chi connectivity index (χ0n) is 21.0. The van der Waals surface area contributed by atoms with E-state index in [2.05, 4.69) is 15.5 Å². The molecule has 3 fully saturated rings. The number of rotatable bonds is 5. The van der Waals surface area contributed by atoms with Crippen LogP contribution in [0.2, 0.25) is 0 Å². The number of hydrogen-bond acceptors (Lipinski definition) is 5. The van der Waals surface area contributed by atoms with Gasteiger partial charge in [0.2, 0.25) is 5.91 Å². The van der Waals surface area contributed by atoms with Gasteiger partial charge in [0.1, 0.15) is 5.82 Å². The average molecular weight is 508 g/mol. The third-order valence-corrected chi connectivity index (χ3v) is 7.60. The maximum Gasteiger partial charge on any atom is 0.255 e. The van der Waals surface area contributed by atoms with Crippen LogP contribution in [0.15, 0.2) is 42.5 Å². The Hall–Kier alpha value is -3.46. The van der Waals surface area contributed by atoms with E-state index in [9.17, 15) is 18.8 Å². The number of benzene rings is 2. The lowest BCUT2D eigenvalue weighted by molar-refractivity contribution is -0.137. The van der Waals surface area contributed by atoms with Crippen molar-refractivity contribution >= 4 is 29.1 Å². The number of halogens is 1. The molecule has 0 unspecified atom stereocenters. The van der Waals surface area contributed by atoms with Crippen LogP contribution in [0, 0.1) is 11.7 Å². The molecule has 5 rings (SSSR count). The van der Waals surface area contributed by atoms with Crippen molar-refractivity contribution in [1.82, 2.24) is 15.1 Å². The lowest BCUT2D eigenvalue weighted by atomic mass is 9.84. The van der Waals surface area contributed by atoms with Gasteiger partial charge in [0.15, 0.2) is 0 Å². The van der Waals surface area contributed by atoms with Gasteiger partial charge in [0, 0.05) is 69.4 Å².